The summed E-state index contributed by atoms with van der Waals surface area (Å²) >= 11 is 0. The Kier molecular flexibility index (Phi) is 10.7. The molecular weight excluding hydrogens is 695 g/mol. The van der Waals surface area contributed by atoms with E-state index in [-0.39, 0.29) is 18.3 Å². The molecule has 0 bridgehead atoms. The fraction of sp³-hybridized carbons (Fsp3) is 0.170. The van der Waals surface area contributed by atoms with Gasteiger partial charge in [-0.1, -0.05) is 127 Å². The average Bonchev–Trinajstić information content (AvgIpc) is 3.90. The number of nitrogens with one attached hydrogen (secondary N) is 2. The first-order chi connectivity index (χ1) is 27.6. The molecular formula is C47H45N7O2. The Morgan fingerprint density at radius 3 is 2.02 bits per heavy atom. The molecule has 8 aromatic rings. The summed E-state index contributed by atoms with van der Waals surface area (Å²) in [6, 6.07) is 49.2. The number of hydrogen-bond donors (Lipinski definition) is 4. The molecule has 1 unspecified atom stereocenters. The number of aromatic nitrogens is 5. The molecule has 0 radical (unpaired) electrons. The Bertz CT molecular complexity index is 2420. The molecule has 0 saturated heterocycles. The van der Waals surface area contributed by atoms with Crippen LogP contribution in [0.2, 0.25) is 0 Å². The van der Waals surface area contributed by atoms with Crippen LogP contribution in [-0.4, -0.2) is 48.1 Å². The van der Waals surface area contributed by atoms with Crippen LogP contribution in [0.3, 0.4) is 0 Å². The Morgan fingerprint density at radius 1 is 0.732 bits per heavy atom. The van der Waals surface area contributed by atoms with E-state index in [4.69, 9.17) is 15.1 Å². The van der Waals surface area contributed by atoms with Crippen LogP contribution < -0.4 is 10.6 Å². The van der Waals surface area contributed by atoms with Gasteiger partial charge in [0.1, 0.15) is 22.6 Å². The number of phenolic OH excluding ortho intramolecular Hbond substituents is 1. The number of pyridine rings is 1. The van der Waals surface area contributed by atoms with E-state index in [1.54, 1.807) is 12.1 Å². The molecule has 4 N–H and O–H groups in total. The lowest BCUT2D eigenvalue weighted by atomic mass is 9.76. The molecule has 5 aromatic carbocycles. The van der Waals surface area contributed by atoms with Crippen LogP contribution in [0.1, 0.15) is 56.8 Å². The van der Waals surface area contributed by atoms with E-state index in [1.165, 1.54) is 0 Å². The summed E-state index contributed by atoms with van der Waals surface area (Å²) in [7, 11) is 1.90. The molecule has 3 aromatic heterocycles. The standard InChI is InChI=1S/C47H45N7O2/c1-48-44-27-43(42(23-24-49-28-34-13-11-15-36(25-34)32-55)37-29-51-53(31-37)30-35-14-12-22-41(56)26-35)45-46(52-44)54(33-50-45)47(38-16-5-2-6-17-38,39-18-7-3-8-19-39)40-20-9-4-10-21-40/h2-22,25-27,29,31,33,42,49,55-56H,23-24,28,30,32H2,1H3,(H,48,52). The first-order valence-electron chi connectivity index (χ1n) is 19.0. The van der Waals surface area contributed by atoms with Crippen LogP contribution in [-0.2, 0) is 25.2 Å². The van der Waals surface area contributed by atoms with Crippen molar-refractivity contribution in [2.24, 2.45) is 0 Å². The van der Waals surface area contributed by atoms with Gasteiger partial charge in [-0.05, 0) is 75.7 Å². The van der Waals surface area contributed by atoms with Gasteiger partial charge in [-0.2, -0.15) is 5.10 Å². The van der Waals surface area contributed by atoms with Crippen LogP contribution in [0.5, 0.6) is 5.75 Å². The molecule has 9 heteroatoms. The van der Waals surface area contributed by atoms with Crippen molar-refractivity contribution in [2.45, 2.75) is 37.6 Å². The van der Waals surface area contributed by atoms with E-state index < -0.39 is 5.54 Å². The fourth-order valence-corrected chi connectivity index (χ4v) is 7.92. The van der Waals surface area contributed by atoms with E-state index in [2.05, 4.69) is 106 Å². The number of aromatic hydroxyl groups is 1. The number of benzene rings is 5. The third-order valence-electron chi connectivity index (χ3n) is 10.5. The van der Waals surface area contributed by atoms with E-state index in [1.807, 2.05) is 72.8 Å². The van der Waals surface area contributed by atoms with Gasteiger partial charge in [0.15, 0.2) is 5.65 Å². The molecule has 280 valence electrons. The lowest BCUT2D eigenvalue weighted by Crippen LogP contribution is -2.37. The predicted molar refractivity (Wildman–Crippen MR) is 222 cm³/mol. The van der Waals surface area contributed by atoms with Crippen LogP contribution in [0.15, 0.2) is 164 Å². The average molecular weight is 740 g/mol. The number of rotatable bonds is 15. The molecule has 0 saturated carbocycles. The first kappa shape index (κ1) is 36.4. The topological polar surface area (TPSA) is 113 Å². The van der Waals surface area contributed by atoms with Gasteiger partial charge in [-0.15, -0.1) is 0 Å². The maximum atomic E-state index is 10.1. The summed E-state index contributed by atoms with van der Waals surface area (Å²) in [5, 5.41) is 31.6. The Balaban J connectivity index is 1.26. The number of aliphatic hydroxyl groups excluding tert-OH is 1. The van der Waals surface area contributed by atoms with E-state index in [0.29, 0.717) is 19.6 Å². The molecule has 3 heterocycles. The summed E-state index contributed by atoms with van der Waals surface area (Å²) in [5.41, 5.74) is 9.14. The summed E-state index contributed by atoms with van der Waals surface area (Å²) in [4.78, 5) is 10.5. The minimum Gasteiger partial charge on any atom is -0.508 e. The fourth-order valence-electron chi connectivity index (χ4n) is 7.92. The largest absolute Gasteiger partial charge is 0.508 e. The van der Waals surface area contributed by atoms with Crippen molar-refractivity contribution >= 4 is 17.0 Å². The molecule has 0 fully saturated rings. The van der Waals surface area contributed by atoms with Crippen molar-refractivity contribution in [3.05, 3.63) is 209 Å². The first-order valence-corrected chi connectivity index (χ1v) is 19.0. The van der Waals surface area contributed by atoms with E-state index in [9.17, 15) is 10.2 Å². The quantitative estimate of drug-likeness (QED) is 0.0622. The number of aliphatic hydroxyl groups is 1. The minimum atomic E-state index is -0.790. The summed E-state index contributed by atoms with van der Waals surface area (Å²) in [6.07, 6.45) is 6.75. The third-order valence-corrected chi connectivity index (χ3v) is 10.5. The number of fused-ring (bicyclic) bond motifs is 1. The van der Waals surface area contributed by atoms with Gasteiger partial charge in [0.25, 0.3) is 0 Å². The molecule has 0 aliphatic rings. The second-order valence-corrected chi connectivity index (χ2v) is 14.1. The summed E-state index contributed by atoms with van der Waals surface area (Å²) < 4.78 is 4.16. The Morgan fingerprint density at radius 2 is 1.38 bits per heavy atom. The summed E-state index contributed by atoms with van der Waals surface area (Å²) in [6.45, 7) is 1.93. The van der Waals surface area contributed by atoms with Gasteiger partial charge in [-0.25, -0.2) is 9.97 Å². The third kappa shape index (κ3) is 7.30. The lowest BCUT2D eigenvalue weighted by molar-refractivity contribution is 0.281. The normalized spacial score (nSPS) is 12.2. The molecule has 0 aliphatic carbocycles. The van der Waals surface area contributed by atoms with Crippen LogP contribution in [0, 0.1) is 0 Å². The smallest absolute Gasteiger partial charge is 0.163 e. The predicted octanol–water partition coefficient (Wildman–Crippen LogP) is 8.07. The van der Waals surface area contributed by atoms with Gasteiger partial charge in [0.05, 0.1) is 25.7 Å². The van der Waals surface area contributed by atoms with E-state index >= 15 is 0 Å². The number of hydrogen-bond acceptors (Lipinski definition) is 7. The monoisotopic (exact) mass is 739 g/mol. The maximum Gasteiger partial charge on any atom is 0.163 e. The zero-order valence-corrected chi connectivity index (χ0v) is 31.3. The number of anilines is 1. The highest BCUT2D eigenvalue weighted by atomic mass is 16.3. The highest BCUT2D eigenvalue weighted by Crippen LogP contribution is 2.44. The molecule has 1 atom stereocenters. The molecule has 0 spiro atoms. The van der Waals surface area contributed by atoms with Gasteiger partial charge >= 0.3 is 0 Å². The van der Waals surface area contributed by atoms with Crippen molar-refractivity contribution in [3.8, 4) is 5.75 Å². The molecule has 56 heavy (non-hydrogen) atoms. The van der Waals surface area contributed by atoms with Crippen molar-refractivity contribution in [2.75, 3.05) is 18.9 Å². The molecule has 0 aliphatic heterocycles. The maximum absolute atomic E-state index is 10.1. The Hall–Kier alpha value is -6.55. The molecule has 9 nitrogen and oxygen atoms in total. The van der Waals surface area contributed by atoms with Crippen LogP contribution in [0.4, 0.5) is 5.82 Å². The highest BCUT2D eigenvalue weighted by molar-refractivity contribution is 5.80. The minimum absolute atomic E-state index is 0.0150. The number of nitrogens with zero attached hydrogens (tertiary/aromatic N) is 5. The van der Waals surface area contributed by atoms with Crippen LogP contribution in [0.25, 0.3) is 11.2 Å². The molecule has 8 rings (SSSR count). The van der Waals surface area contributed by atoms with Crippen molar-refractivity contribution < 1.29 is 10.2 Å². The van der Waals surface area contributed by atoms with Gasteiger partial charge in [0.2, 0.25) is 0 Å². The van der Waals surface area contributed by atoms with Crippen molar-refractivity contribution in [1.29, 1.82) is 0 Å². The molecule has 0 amide bonds. The lowest BCUT2D eigenvalue weighted by Gasteiger charge is -2.37. The van der Waals surface area contributed by atoms with Crippen LogP contribution >= 0.6 is 0 Å². The van der Waals surface area contributed by atoms with E-state index in [0.717, 1.165) is 67.9 Å². The Labute approximate surface area is 327 Å². The second-order valence-electron chi connectivity index (χ2n) is 14.1. The summed E-state index contributed by atoms with van der Waals surface area (Å²) in [5.74, 6) is 0.878. The number of phenols is 1. The van der Waals surface area contributed by atoms with Crippen molar-refractivity contribution in [3.63, 3.8) is 0 Å². The second kappa shape index (κ2) is 16.4. The number of imidazole rings is 1. The zero-order chi connectivity index (χ0) is 38.3. The SMILES string of the molecule is CNc1cc(C(CCNCc2cccc(CO)c2)c2cnn(Cc3cccc(O)c3)c2)c2ncn(C(c3ccccc3)(c3ccccc3)c3ccccc3)c2n1. The zero-order valence-electron chi connectivity index (χ0n) is 31.3. The van der Waals surface area contributed by atoms with Gasteiger partial charge < -0.3 is 20.8 Å². The van der Waals surface area contributed by atoms with Gasteiger partial charge in [-0.3, -0.25) is 9.25 Å². The highest BCUT2D eigenvalue weighted by Gasteiger charge is 2.40. The van der Waals surface area contributed by atoms with Crippen molar-refractivity contribution in [1.82, 2.24) is 29.6 Å². The van der Waals surface area contributed by atoms with Gasteiger partial charge in [0, 0.05) is 25.7 Å².